The lowest BCUT2D eigenvalue weighted by molar-refractivity contribution is -0.0387. The molecule has 2 aliphatic rings. The quantitative estimate of drug-likeness (QED) is 0.453. The molecule has 1 heterocycles. The van der Waals surface area contributed by atoms with Gasteiger partial charge in [0.15, 0.2) is 0 Å². The second-order valence-electron chi connectivity index (χ2n) is 5.18. The molecule has 0 amide bonds. The molecule has 0 spiro atoms. The third-order valence-electron chi connectivity index (χ3n) is 3.78. The molecule has 14 heavy (non-hydrogen) atoms. The van der Waals surface area contributed by atoms with Gasteiger partial charge in [-0.25, -0.2) is 0 Å². The molecule has 1 saturated carbocycles. The lowest BCUT2D eigenvalue weighted by Crippen LogP contribution is -2.56. The fourth-order valence-electron chi connectivity index (χ4n) is 2.54. The van der Waals surface area contributed by atoms with Gasteiger partial charge in [0, 0.05) is 0 Å². The van der Waals surface area contributed by atoms with Crippen LogP contribution in [0.1, 0.15) is 33.6 Å². The van der Waals surface area contributed by atoms with Crippen LogP contribution in [0.3, 0.4) is 0 Å². The summed E-state index contributed by atoms with van der Waals surface area (Å²) in [7, 11) is 0. The number of ether oxygens (including phenoxy) is 1. The first-order chi connectivity index (χ1) is 6.38. The Kier molecular flexibility index (Phi) is 1.92. The van der Waals surface area contributed by atoms with Gasteiger partial charge in [-0.1, -0.05) is 5.16 Å². The minimum atomic E-state index is -0.612. The molecule has 2 bridgehead atoms. The average molecular weight is 198 g/mol. The van der Waals surface area contributed by atoms with Gasteiger partial charge in [-0.15, -0.1) is 0 Å². The molecule has 0 aromatic carbocycles. The van der Waals surface area contributed by atoms with Crippen LogP contribution in [0.5, 0.6) is 0 Å². The Morgan fingerprint density at radius 2 is 2.14 bits per heavy atom. The van der Waals surface area contributed by atoms with E-state index < -0.39 is 5.54 Å². The molecule has 0 radical (unpaired) electrons. The molecule has 4 nitrogen and oxygen atoms in total. The van der Waals surface area contributed by atoms with E-state index >= 15 is 0 Å². The Morgan fingerprint density at radius 3 is 2.71 bits per heavy atom. The van der Waals surface area contributed by atoms with E-state index in [-0.39, 0.29) is 11.7 Å². The Hall–Kier alpha value is -0.610. The van der Waals surface area contributed by atoms with E-state index in [4.69, 9.17) is 15.7 Å². The number of fused-ring (bicyclic) bond motifs is 2. The van der Waals surface area contributed by atoms with Gasteiger partial charge < -0.3 is 15.7 Å². The maximum atomic E-state index is 8.91. The molecule has 3 atom stereocenters. The fraction of sp³-hybridized carbons (Fsp3) is 0.900. The molecule has 80 valence electrons. The van der Waals surface area contributed by atoms with Gasteiger partial charge in [-0.05, 0) is 39.5 Å². The summed E-state index contributed by atoms with van der Waals surface area (Å²) in [6.45, 7) is 6.03. The predicted molar refractivity (Wildman–Crippen MR) is 53.5 cm³/mol. The topological polar surface area (TPSA) is 67.8 Å². The van der Waals surface area contributed by atoms with Crippen molar-refractivity contribution in [3.63, 3.8) is 0 Å². The Balaban J connectivity index is 2.35. The second kappa shape index (κ2) is 2.70. The van der Waals surface area contributed by atoms with Crippen molar-refractivity contribution in [3.05, 3.63) is 0 Å². The molecule has 0 aromatic heterocycles. The van der Waals surface area contributed by atoms with Crippen LogP contribution in [-0.4, -0.2) is 28.2 Å². The van der Waals surface area contributed by atoms with E-state index in [2.05, 4.69) is 19.0 Å². The van der Waals surface area contributed by atoms with Gasteiger partial charge in [0.05, 0.1) is 23.0 Å². The van der Waals surface area contributed by atoms with E-state index in [9.17, 15) is 0 Å². The Morgan fingerprint density at radius 1 is 1.50 bits per heavy atom. The Labute approximate surface area is 84.1 Å². The van der Waals surface area contributed by atoms with Gasteiger partial charge in [0.2, 0.25) is 0 Å². The van der Waals surface area contributed by atoms with Crippen molar-refractivity contribution in [1.29, 1.82) is 0 Å². The highest BCUT2D eigenvalue weighted by Gasteiger charge is 2.54. The van der Waals surface area contributed by atoms with Gasteiger partial charge in [0.25, 0.3) is 0 Å². The van der Waals surface area contributed by atoms with Crippen molar-refractivity contribution in [2.75, 3.05) is 0 Å². The second-order valence-corrected chi connectivity index (χ2v) is 5.18. The molecule has 1 aliphatic heterocycles. The van der Waals surface area contributed by atoms with Gasteiger partial charge in [0.1, 0.15) is 0 Å². The maximum absolute atomic E-state index is 8.91. The minimum absolute atomic E-state index is 0.0119. The van der Waals surface area contributed by atoms with Gasteiger partial charge >= 0.3 is 0 Å². The molecule has 3 unspecified atom stereocenters. The third-order valence-corrected chi connectivity index (χ3v) is 3.78. The molecular weight excluding hydrogens is 180 g/mol. The van der Waals surface area contributed by atoms with Crippen molar-refractivity contribution < 1.29 is 9.94 Å². The molecule has 2 rings (SSSR count). The van der Waals surface area contributed by atoms with E-state index in [0.29, 0.717) is 11.6 Å². The zero-order valence-corrected chi connectivity index (χ0v) is 8.95. The number of nitrogens with two attached hydrogens (primary N) is 1. The largest absolute Gasteiger partial charge is 0.411 e. The molecule has 4 heteroatoms. The standard InChI is InChI=1S/C10H18N2O2/c1-9(2)6-4-7(12-13)10(3,11)8(5-6)14-9/h6,8,13H,4-5,11H2,1-3H3/b12-7-. The summed E-state index contributed by atoms with van der Waals surface area (Å²) in [5, 5.41) is 12.2. The van der Waals surface area contributed by atoms with E-state index in [1.807, 2.05) is 6.92 Å². The van der Waals surface area contributed by atoms with Crippen LogP contribution >= 0.6 is 0 Å². The monoisotopic (exact) mass is 198 g/mol. The van der Waals surface area contributed by atoms with E-state index in [1.54, 1.807) is 0 Å². The zero-order chi connectivity index (χ0) is 10.6. The summed E-state index contributed by atoms with van der Waals surface area (Å²) in [5.41, 5.74) is 6.04. The maximum Gasteiger partial charge on any atom is 0.0818 e. The van der Waals surface area contributed by atoms with Crippen molar-refractivity contribution in [2.24, 2.45) is 16.8 Å². The molecule has 1 saturated heterocycles. The number of rotatable bonds is 0. The van der Waals surface area contributed by atoms with Crippen molar-refractivity contribution in [3.8, 4) is 0 Å². The first-order valence-electron chi connectivity index (χ1n) is 5.06. The molecule has 3 N–H and O–H groups in total. The zero-order valence-electron chi connectivity index (χ0n) is 8.95. The van der Waals surface area contributed by atoms with Crippen LogP contribution in [0.15, 0.2) is 5.16 Å². The summed E-state index contributed by atoms with van der Waals surface area (Å²) < 4.78 is 5.90. The summed E-state index contributed by atoms with van der Waals surface area (Å²) in [6, 6.07) is 0. The third kappa shape index (κ3) is 1.17. The summed E-state index contributed by atoms with van der Waals surface area (Å²) in [6.07, 6.45) is 1.70. The van der Waals surface area contributed by atoms with Crippen molar-refractivity contribution >= 4 is 5.71 Å². The summed E-state index contributed by atoms with van der Waals surface area (Å²) >= 11 is 0. The SMILES string of the molecule is CC1(C)OC2CC1C/C(=N/O)C2(C)N. The first-order valence-corrected chi connectivity index (χ1v) is 5.06. The molecule has 1 aliphatic carbocycles. The first kappa shape index (κ1) is 9.93. The van der Waals surface area contributed by atoms with Gasteiger partial charge in [-0.2, -0.15) is 0 Å². The van der Waals surface area contributed by atoms with Crippen LogP contribution in [0, 0.1) is 5.92 Å². The highest BCUT2D eigenvalue weighted by atomic mass is 16.5. The highest BCUT2D eigenvalue weighted by molar-refractivity contribution is 5.94. The van der Waals surface area contributed by atoms with Crippen LogP contribution in [0.2, 0.25) is 0 Å². The number of hydrogen-bond donors (Lipinski definition) is 2. The lowest BCUT2D eigenvalue weighted by atomic mass is 9.73. The van der Waals surface area contributed by atoms with Crippen LogP contribution in [-0.2, 0) is 4.74 Å². The van der Waals surface area contributed by atoms with E-state index in [1.165, 1.54) is 0 Å². The van der Waals surface area contributed by atoms with E-state index in [0.717, 1.165) is 12.8 Å². The highest BCUT2D eigenvalue weighted by Crippen LogP contribution is 2.46. The normalized spacial score (nSPS) is 48.4. The number of oxime groups is 1. The minimum Gasteiger partial charge on any atom is -0.411 e. The van der Waals surface area contributed by atoms with Crippen molar-refractivity contribution in [1.82, 2.24) is 0 Å². The van der Waals surface area contributed by atoms with Crippen LogP contribution < -0.4 is 5.73 Å². The predicted octanol–water partition coefficient (Wildman–Crippen LogP) is 1.12. The fourth-order valence-corrected chi connectivity index (χ4v) is 2.54. The Bertz CT molecular complexity index is 284. The van der Waals surface area contributed by atoms with Crippen molar-refractivity contribution in [2.45, 2.75) is 50.9 Å². The molecule has 2 fully saturated rings. The summed E-state index contributed by atoms with van der Waals surface area (Å²) in [5.74, 6) is 0.426. The molecule has 0 aromatic rings. The van der Waals surface area contributed by atoms with Crippen LogP contribution in [0.4, 0.5) is 0 Å². The summed E-state index contributed by atoms with van der Waals surface area (Å²) in [4.78, 5) is 0. The smallest absolute Gasteiger partial charge is 0.0818 e. The lowest BCUT2D eigenvalue weighted by Gasteiger charge is -2.34. The van der Waals surface area contributed by atoms with Gasteiger partial charge in [-0.3, -0.25) is 0 Å². The number of hydrogen-bond acceptors (Lipinski definition) is 4. The van der Waals surface area contributed by atoms with Crippen LogP contribution in [0.25, 0.3) is 0 Å². The molecular formula is C10H18N2O2. The number of nitrogens with zero attached hydrogens (tertiary/aromatic N) is 1. The average Bonchev–Trinajstić information content (AvgIpc) is 2.33.